The van der Waals surface area contributed by atoms with Gasteiger partial charge in [0.05, 0.1) is 10.7 Å². The van der Waals surface area contributed by atoms with Gasteiger partial charge in [0, 0.05) is 11.9 Å². The van der Waals surface area contributed by atoms with Crippen LogP contribution in [-0.4, -0.2) is 11.1 Å². The fraction of sp³-hybridized carbons (Fsp3) is 0.125. The van der Waals surface area contributed by atoms with Gasteiger partial charge in [-0.3, -0.25) is 4.79 Å². The summed E-state index contributed by atoms with van der Waals surface area (Å²) in [5.41, 5.74) is 5.92. The summed E-state index contributed by atoms with van der Waals surface area (Å²) in [5.74, 6) is -0.833. The van der Waals surface area contributed by atoms with Crippen LogP contribution < -0.4 is 5.73 Å². The lowest BCUT2D eigenvalue weighted by Gasteiger charge is -1.95. The summed E-state index contributed by atoms with van der Waals surface area (Å²) < 4.78 is 0. The quantitative estimate of drug-likeness (QED) is 0.663. The van der Waals surface area contributed by atoms with Crippen molar-refractivity contribution in [3.05, 3.63) is 28.2 Å². The van der Waals surface area contributed by atoms with Crippen LogP contribution in [-0.2, 0) is 4.79 Å². The summed E-state index contributed by atoms with van der Waals surface area (Å²) in [7, 11) is 0. The van der Waals surface area contributed by atoms with Crippen LogP contribution in [0.2, 0.25) is 10.0 Å². The number of nitrogens with two attached hydrogens (primary N) is 1. The highest BCUT2D eigenvalue weighted by Gasteiger charge is 1.93. The van der Waals surface area contributed by atoms with Crippen molar-refractivity contribution in [2.45, 2.75) is 6.92 Å². The third-order valence-electron chi connectivity index (χ3n) is 0.958. The van der Waals surface area contributed by atoms with E-state index in [0.717, 1.165) is 6.92 Å². The van der Waals surface area contributed by atoms with Crippen molar-refractivity contribution in [2.24, 2.45) is 0 Å². The third-order valence-corrected chi connectivity index (χ3v) is 1.54. The minimum absolute atomic E-state index is 0.518. The van der Waals surface area contributed by atoms with E-state index in [1.165, 1.54) is 0 Å². The van der Waals surface area contributed by atoms with Crippen molar-refractivity contribution in [3.8, 4) is 0 Å². The fourth-order valence-corrected chi connectivity index (χ4v) is 0.813. The molecule has 0 heterocycles. The maximum Gasteiger partial charge on any atom is 0.300 e. The van der Waals surface area contributed by atoms with Crippen LogP contribution in [0, 0.1) is 0 Å². The van der Waals surface area contributed by atoms with E-state index in [4.69, 9.17) is 38.8 Å². The summed E-state index contributed by atoms with van der Waals surface area (Å²) in [6.07, 6.45) is 0. The van der Waals surface area contributed by atoms with Crippen LogP contribution in [0.5, 0.6) is 0 Å². The van der Waals surface area contributed by atoms with E-state index >= 15 is 0 Å². The van der Waals surface area contributed by atoms with Crippen LogP contribution in [0.25, 0.3) is 0 Å². The van der Waals surface area contributed by atoms with Gasteiger partial charge in [-0.05, 0) is 18.2 Å². The molecule has 3 N–H and O–H groups in total. The van der Waals surface area contributed by atoms with Gasteiger partial charge in [0.1, 0.15) is 0 Å². The molecule has 0 radical (unpaired) electrons. The normalized spacial score (nSPS) is 8.54. The summed E-state index contributed by atoms with van der Waals surface area (Å²) in [6.45, 7) is 1.08. The molecule has 0 amide bonds. The predicted octanol–water partition coefficient (Wildman–Crippen LogP) is 2.67. The van der Waals surface area contributed by atoms with Gasteiger partial charge in [0.25, 0.3) is 5.97 Å². The molecular formula is C8H9Cl2NO2. The second-order valence-corrected chi connectivity index (χ2v) is 3.03. The minimum Gasteiger partial charge on any atom is -0.481 e. The number of anilines is 1. The smallest absolute Gasteiger partial charge is 0.300 e. The topological polar surface area (TPSA) is 63.3 Å². The van der Waals surface area contributed by atoms with Crippen molar-refractivity contribution in [2.75, 3.05) is 5.73 Å². The lowest BCUT2D eigenvalue weighted by atomic mass is 10.3. The average Bonchev–Trinajstić information content (AvgIpc) is 1.96. The molecule has 0 saturated carbocycles. The molecule has 0 aromatic heterocycles. The molecule has 0 aliphatic carbocycles. The first-order chi connectivity index (χ1) is 5.93. The Morgan fingerprint density at radius 2 is 1.92 bits per heavy atom. The number of benzene rings is 1. The molecular weight excluding hydrogens is 213 g/mol. The van der Waals surface area contributed by atoms with Gasteiger partial charge in [-0.15, -0.1) is 0 Å². The molecule has 72 valence electrons. The van der Waals surface area contributed by atoms with Crippen molar-refractivity contribution >= 4 is 34.9 Å². The van der Waals surface area contributed by atoms with Crippen LogP contribution in [0.1, 0.15) is 6.92 Å². The first-order valence-electron chi connectivity index (χ1n) is 3.33. The molecule has 0 aliphatic rings. The van der Waals surface area contributed by atoms with Gasteiger partial charge in [0.15, 0.2) is 0 Å². The Kier molecular flexibility index (Phi) is 5.26. The van der Waals surface area contributed by atoms with Gasteiger partial charge in [-0.1, -0.05) is 23.2 Å². The number of halogens is 2. The SMILES string of the molecule is CC(=O)O.Nc1cc(Cl)ccc1Cl. The Morgan fingerprint density at radius 3 is 2.23 bits per heavy atom. The number of carbonyl (C=O) groups is 1. The number of nitrogen functional groups attached to an aromatic ring is 1. The molecule has 1 rings (SSSR count). The van der Waals surface area contributed by atoms with Crippen molar-refractivity contribution < 1.29 is 9.90 Å². The summed E-state index contributed by atoms with van der Waals surface area (Å²) in [4.78, 5) is 9.00. The third kappa shape index (κ3) is 6.25. The summed E-state index contributed by atoms with van der Waals surface area (Å²) in [6, 6.07) is 4.98. The highest BCUT2D eigenvalue weighted by Crippen LogP contribution is 2.21. The number of rotatable bonds is 0. The molecule has 0 unspecified atom stereocenters. The number of aliphatic carboxylic acids is 1. The maximum atomic E-state index is 9.00. The van der Waals surface area contributed by atoms with Gasteiger partial charge in [-0.25, -0.2) is 0 Å². The molecule has 0 fully saturated rings. The summed E-state index contributed by atoms with van der Waals surface area (Å²) in [5, 5.41) is 8.57. The van der Waals surface area contributed by atoms with Crippen molar-refractivity contribution in [3.63, 3.8) is 0 Å². The number of hydrogen-bond acceptors (Lipinski definition) is 2. The van der Waals surface area contributed by atoms with E-state index in [2.05, 4.69) is 0 Å². The van der Waals surface area contributed by atoms with Gasteiger partial charge >= 0.3 is 0 Å². The molecule has 0 atom stereocenters. The Bertz CT molecular complexity index is 298. The highest BCUT2D eigenvalue weighted by atomic mass is 35.5. The molecule has 0 saturated heterocycles. The molecule has 0 bridgehead atoms. The van der Waals surface area contributed by atoms with Gasteiger partial charge in [-0.2, -0.15) is 0 Å². The standard InChI is InChI=1S/C6H5Cl2N.C2H4O2/c7-4-1-2-5(8)6(9)3-4;1-2(3)4/h1-3H,9H2;1H3,(H,3,4). The van der Waals surface area contributed by atoms with E-state index in [0.29, 0.717) is 15.7 Å². The first kappa shape index (κ1) is 12.1. The Morgan fingerprint density at radius 1 is 1.46 bits per heavy atom. The Hall–Kier alpha value is -0.930. The average molecular weight is 222 g/mol. The van der Waals surface area contributed by atoms with Gasteiger partial charge < -0.3 is 10.8 Å². The number of carboxylic acids is 1. The zero-order valence-corrected chi connectivity index (χ0v) is 8.43. The predicted molar refractivity (Wildman–Crippen MR) is 54.2 cm³/mol. The highest BCUT2D eigenvalue weighted by molar-refractivity contribution is 6.35. The first-order valence-corrected chi connectivity index (χ1v) is 4.09. The van der Waals surface area contributed by atoms with E-state index in [1.807, 2.05) is 0 Å². The van der Waals surface area contributed by atoms with Crippen LogP contribution in [0.15, 0.2) is 18.2 Å². The Balaban J connectivity index is 0.000000310. The molecule has 0 aliphatic heterocycles. The van der Waals surface area contributed by atoms with Crippen molar-refractivity contribution in [1.82, 2.24) is 0 Å². The molecule has 1 aromatic carbocycles. The maximum absolute atomic E-state index is 9.00. The monoisotopic (exact) mass is 221 g/mol. The lowest BCUT2D eigenvalue weighted by molar-refractivity contribution is -0.134. The van der Waals surface area contributed by atoms with Gasteiger partial charge in [0.2, 0.25) is 0 Å². The van der Waals surface area contributed by atoms with E-state index in [9.17, 15) is 0 Å². The zero-order chi connectivity index (χ0) is 10.4. The fourth-order valence-electron chi connectivity index (χ4n) is 0.515. The second-order valence-electron chi connectivity index (χ2n) is 2.18. The number of hydrogen-bond donors (Lipinski definition) is 2. The molecule has 3 nitrogen and oxygen atoms in total. The zero-order valence-electron chi connectivity index (χ0n) is 6.92. The lowest BCUT2D eigenvalue weighted by Crippen LogP contribution is -1.83. The largest absolute Gasteiger partial charge is 0.481 e. The Labute approximate surface area is 86.1 Å². The molecule has 5 heteroatoms. The minimum atomic E-state index is -0.833. The van der Waals surface area contributed by atoms with Crippen LogP contribution in [0.3, 0.4) is 0 Å². The second kappa shape index (κ2) is 5.67. The molecule has 13 heavy (non-hydrogen) atoms. The van der Waals surface area contributed by atoms with Crippen molar-refractivity contribution in [1.29, 1.82) is 0 Å². The molecule has 0 spiro atoms. The number of carboxylic acid groups (broad SMARTS) is 1. The van der Waals surface area contributed by atoms with E-state index in [-0.39, 0.29) is 0 Å². The van der Waals surface area contributed by atoms with Crippen LogP contribution >= 0.6 is 23.2 Å². The molecule has 1 aromatic rings. The van der Waals surface area contributed by atoms with E-state index < -0.39 is 5.97 Å². The van der Waals surface area contributed by atoms with Crippen LogP contribution in [0.4, 0.5) is 5.69 Å². The van der Waals surface area contributed by atoms with E-state index in [1.54, 1.807) is 18.2 Å². The summed E-state index contributed by atoms with van der Waals surface area (Å²) >= 11 is 11.2.